The number of hydrogen-bond acceptors (Lipinski definition) is 7. The summed E-state index contributed by atoms with van der Waals surface area (Å²) < 4.78 is 27.7. The average Bonchev–Trinajstić information content (AvgIpc) is 3.62. The molecule has 11 heteroatoms. The van der Waals surface area contributed by atoms with Gasteiger partial charge in [-0.05, 0) is 48.2 Å². The summed E-state index contributed by atoms with van der Waals surface area (Å²) in [6.45, 7) is 2.48. The number of amides is 2. The van der Waals surface area contributed by atoms with E-state index in [1.807, 2.05) is 4.57 Å². The fraction of sp³-hybridized carbons (Fsp3) is 0.400. The first-order valence-electron chi connectivity index (χ1n) is 12.1. The minimum absolute atomic E-state index is 0.108. The van der Waals surface area contributed by atoms with Crippen LogP contribution in [0.1, 0.15) is 40.2 Å². The van der Waals surface area contributed by atoms with Gasteiger partial charge in [-0.2, -0.15) is 0 Å². The first-order chi connectivity index (χ1) is 17.5. The van der Waals surface area contributed by atoms with Crippen molar-refractivity contribution in [1.29, 1.82) is 0 Å². The van der Waals surface area contributed by atoms with E-state index in [1.54, 1.807) is 23.1 Å². The number of nitrogens with zero attached hydrogens (tertiary/aromatic N) is 5. The van der Waals surface area contributed by atoms with Crippen molar-refractivity contribution >= 4 is 17.8 Å². The zero-order chi connectivity index (χ0) is 24.6. The summed E-state index contributed by atoms with van der Waals surface area (Å²) in [5.74, 6) is 0.626. The SMILES string of the molecule is O=C(Nc1cccc(-c2nnc3n2CCC3)n1)c1cc2c(cc1F)CCN(C(=O)OC1CCOC1)C2. The number of ether oxygens (including phenoxy) is 2. The fourth-order valence-corrected chi connectivity index (χ4v) is 4.88. The number of rotatable bonds is 4. The number of anilines is 1. The first-order valence-corrected chi connectivity index (χ1v) is 12.1. The van der Waals surface area contributed by atoms with Gasteiger partial charge in [0.25, 0.3) is 5.91 Å². The van der Waals surface area contributed by atoms with E-state index >= 15 is 0 Å². The second-order valence-corrected chi connectivity index (χ2v) is 9.20. The maximum atomic E-state index is 14.9. The van der Waals surface area contributed by atoms with E-state index in [0.29, 0.717) is 49.7 Å². The van der Waals surface area contributed by atoms with Gasteiger partial charge in [-0.25, -0.2) is 14.2 Å². The highest BCUT2D eigenvalue weighted by Crippen LogP contribution is 2.26. The number of hydrogen-bond donors (Lipinski definition) is 1. The Morgan fingerprint density at radius 3 is 2.92 bits per heavy atom. The molecule has 36 heavy (non-hydrogen) atoms. The van der Waals surface area contributed by atoms with E-state index in [0.717, 1.165) is 30.8 Å². The van der Waals surface area contributed by atoms with Gasteiger partial charge >= 0.3 is 6.09 Å². The van der Waals surface area contributed by atoms with Crippen LogP contribution in [0.2, 0.25) is 0 Å². The summed E-state index contributed by atoms with van der Waals surface area (Å²) in [5, 5.41) is 11.1. The molecule has 0 saturated carbocycles. The Morgan fingerprint density at radius 2 is 2.06 bits per heavy atom. The molecule has 1 unspecified atom stereocenters. The van der Waals surface area contributed by atoms with Gasteiger partial charge in [0.05, 0.1) is 18.8 Å². The molecule has 5 heterocycles. The Labute approximate surface area is 206 Å². The van der Waals surface area contributed by atoms with E-state index in [9.17, 15) is 14.0 Å². The monoisotopic (exact) mass is 492 g/mol. The van der Waals surface area contributed by atoms with Crippen molar-refractivity contribution in [1.82, 2.24) is 24.6 Å². The van der Waals surface area contributed by atoms with E-state index in [-0.39, 0.29) is 24.0 Å². The number of aryl methyl sites for hydroxylation is 1. The smallest absolute Gasteiger partial charge is 0.410 e. The van der Waals surface area contributed by atoms with Crippen molar-refractivity contribution in [2.75, 3.05) is 25.1 Å². The van der Waals surface area contributed by atoms with Gasteiger partial charge in [-0.15, -0.1) is 10.2 Å². The minimum Gasteiger partial charge on any atom is -0.444 e. The second-order valence-electron chi connectivity index (χ2n) is 9.20. The predicted octanol–water partition coefficient (Wildman–Crippen LogP) is 2.96. The summed E-state index contributed by atoms with van der Waals surface area (Å²) in [6.07, 6.45) is 2.39. The van der Waals surface area contributed by atoms with Crippen LogP contribution in [0, 0.1) is 5.82 Å². The Hall–Kier alpha value is -3.86. The van der Waals surface area contributed by atoms with Gasteiger partial charge in [-0.1, -0.05) is 6.07 Å². The number of aromatic nitrogens is 4. The van der Waals surface area contributed by atoms with Crippen molar-refractivity contribution in [2.24, 2.45) is 0 Å². The summed E-state index contributed by atoms with van der Waals surface area (Å²) in [5.41, 5.74) is 1.97. The zero-order valence-corrected chi connectivity index (χ0v) is 19.6. The zero-order valence-electron chi connectivity index (χ0n) is 19.6. The third-order valence-electron chi connectivity index (χ3n) is 6.79. The summed E-state index contributed by atoms with van der Waals surface area (Å²) in [6, 6.07) is 8.09. The molecular formula is C25H25FN6O4. The maximum absolute atomic E-state index is 14.9. The predicted molar refractivity (Wildman–Crippen MR) is 126 cm³/mol. The molecule has 1 fully saturated rings. The highest BCUT2D eigenvalue weighted by atomic mass is 19.1. The highest BCUT2D eigenvalue weighted by Gasteiger charge is 2.28. The van der Waals surface area contributed by atoms with Gasteiger partial charge < -0.3 is 24.3 Å². The Morgan fingerprint density at radius 1 is 1.14 bits per heavy atom. The van der Waals surface area contributed by atoms with Gasteiger partial charge in [0.2, 0.25) is 0 Å². The average molecular weight is 493 g/mol. The van der Waals surface area contributed by atoms with E-state index in [4.69, 9.17) is 9.47 Å². The molecular weight excluding hydrogens is 467 g/mol. The first kappa shape index (κ1) is 22.6. The van der Waals surface area contributed by atoms with Gasteiger partial charge in [0.1, 0.15) is 29.3 Å². The lowest BCUT2D eigenvalue weighted by Gasteiger charge is -2.29. The van der Waals surface area contributed by atoms with Crippen LogP contribution in [0.25, 0.3) is 11.5 Å². The lowest BCUT2D eigenvalue weighted by molar-refractivity contribution is 0.0516. The molecule has 0 bridgehead atoms. The quantitative estimate of drug-likeness (QED) is 0.596. The van der Waals surface area contributed by atoms with Crippen LogP contribution >= 0.6 is 0 Å². The normalized spacial score (nSPS) is 18.6. The fourth-order valence-electron chi connectivity index (χ4n) is 4.88. The van der Waals surface area contributed by atoms with Gasteiger partial charge in [-0.3, -0.25) is 4.79 Å². The summed E-state index contributed by atoms with van der Waals surface area (Å²) in [4.78, 5) is 31.6. The molecule has 1 N–H and O–H groups in total. The Kier molecular flexibility index (Phi) is 5.84. The number of fused-ring (bicyclic) bond motifs is 2. The number of pyridine rings is 1. The number of halogens is 1. The number of carbonyl (C=O) groups excluding carboxylic acids is 2. The van der Waals surface area contributed by atoms with Crippen molar-refractivity contribution in [3.05, 3.63) is 58.7 Å². The largest absolute Gasteiger partial charge is 0.444 e. The van der Waals surface area contributed by atoms with E-state index < -0.39 is 17.8 Å². The standard InChI is InChI=1S/C25H25FN6O4/c26-19-12-15-6-9-31(25(34)36-17-7-10-35-14-17)13-16(15)11-18(19)24(33)28-21-4-1-3-20(27-21)23-30-29-22-5-2-8-32(22)23/h1,3-4,11-12,17H,2,5-10,13-14H2,(H,27,28,33). The van der Waals surface area contributed by atoms with Gasteiger partial charge in [0.15, 0.2) is 5.82 Å². The summed E-state index contributed by atoms with van der Waals surface area (Å²) >= 11 is 0. The molecule has 0 spiro atoms. The molecule has 2 aromatic heterocycles. The van der Waals surface area contributed by atoms with E-state index in [2.05, 4.69) is 20.5 Å². The lowest BCUT2D eigenvalue weighted by atomic mass is 9.96. The van der Waals surface area contributed by atoms with Gasteiger partial charge in [0, 0.05) is 32.5 Å². The maximum Gasteiger partial charge on any atom is 0.410 e. The topological polar surface area (TPSA) is 111 Å². The van der Waals surface area contributed by atoms with Crippen LogP contribution in [0.15, 0.2) is 30.3 Å². The van der Waals surface area contributed by atoms with Crippen molar-refractivity contribution in [3.8, 4) is 11.5 Å². The lowest BCUT2D eigenvalue weighted by Crippen LogP contribution is -2.38. The van der Waals surface area contributed by atoms with Crippen LogP contribution in [0.5, 0.6) is 0 Å². The number of carbonyl (C=O) groups is 2. The molecule has 0 aliphatic carbocycles. The molecule has 10 nitrogen and oxygen atoms in total. The van der Waals surface area contributed by atoms with E-state index in [1.165, 1.54) is 12.1 Å². The number of benzene rings is 1. The number of nitrogens with one attached hydrogen (secondary N) is 1. The van der Waals surface area contributed by atoms with Crippen molar-refractivity contribution in [3.63, 3.8) is 0 Å². The Bertz CT molecular complexity index is 1340. The molecule has 1 aromatic carbocycles. The van der Waals surface area contributed by atoms with Crippen LogP contribution < -0.4 is 5.32 Å². The van der Waals surface area contributed by atoms with Crippen LogP contribution in [-0.4, -0.2) is 62.5 Å². The molecule has 3 aromatic rings. The molecule has 186 valence electrons. The molecule has 0 radical (unpaired) electrons. The van der Waals surface area contributed by atoms with Crippen LogP contribution in [0.3, 0.4) is 0 Å². The van der Waals surface area contributed by atoms with Crippen molar-refractivity contribution in [2.45, 2.75) is 44.9 Å². The molecule has 3 aliphatic heterocycles. The van der Waals surface area contributed by atoms with Crippen molar-refractivity contribution < 1.29 is 23.5 Å². The summed E-state index contributed by atoms with van der Waals surface area (Å²) in [7, 11) is 0. The minimum atomic E-state index is -0.616. The van der Waals surface area contributed by atoms with Crippen LogP contribution in [-0.2, 0) is 35.4 Å². The molecule has 6 rings (SSSR count). The van der Waals surface area contributed by atoms with Crippen LogP contribution in [0.4, 0.5) is 15.0 Å². The third-order valence-corrected chi connectivity index (χ3v) is 6.79. The Balaban J connectivity index is 1.18. The molecule has 2 amide bonds. The highest BCUT2D eigenvalue weighted by molar-refractivity contribution is 6.04. The second kappa shape index (κ2) is 9.30. The molecule has 3 aliphatic rings. The molecule has 1 saturated heterocycles. The molecule has 1 atom stereocenters. The third kappa shape index (κ3) is 4.30.